The lowest BCUT2D eigenvalue weighted by Gasteiger charge is -2.05. The largest absolute Gasteiger partial charge is 0.359 e. The first-order chi connectivity index (χ1) is 8.97. The number of aryl methyl sites for hydroxylation is 1. The van der Waals surface area contributed by atoms with Crippen LogP contribution >= 0.6 is 15.9 Å². The molecular formula is C11H10BrFN4O2. The second-order valence-electron chi connectivity index (χ2n) is 3.88. The Hall–Kier alpha value is -1.96. The lowest BCUT2D eigenvalue weighted by molar-refractivity contribution is -0.384. The minimum Gasteiger partial charge on any atom is -0.359 e. The van der Waals surface area contributed by atoms with Crippen LogP contribution in [0.5, 0.6) is 0 Å². The van der Waals surface area contributed by atoms with Crippen LogP contribution < -0.4 is 5.32 Å². The van der Waals surface area contributed by atoms with Gasteiger partial charge in [-0.15, -0.1) is 5.10 Å². The van der Waals surface area contributed by atoms with Crippen LogP contribution in [0.15, 0.2) is 28.9 Å². The molecule has 0 radical (unpaired) electrons. The highest BCUT2D eigenvalue weighted by Gasteiger charge is 2.18. The van der Waals surface area contributed by atoms with Crippen molar-refractivity contribution in [2.75, 3.05) is 5.32 Å². The molecule has 0 aliphatic carbocycles. The zero-order valence-corrected chi connectivity index (χ0v) is 11.5. The van der Waals surface area contributed by atoms with Crippen molar-refractivity contribution in [3.8, 4) is 0 Å². The van der Waals surface area contributed by atoms with Crippen LogP contribution in [0.1, 0.15) is 5.56 Å². The average Bonchev–Trinajstić information content (AvgIpc) is 2.72. The highest BCUT2D eigenvalue weighted by molar-refractivity contribution is 9.10. The van der Waals surface area contributed by atoms with E-state index < -0.39 is 4.92 Å². The number of rotatable bonds is 4. The second kappa shape index (κ2) is 5.35. The van der Waals surface area contributed by atoms with Crippen molar-refractivity contribution < 1.29 is 9.31 Å². The average molecular weight is 329 g/mol. The Balaban J connectivity index is 2.19. The molecule has 0 aliphatic rings. The molecule has 8 heteroatoms. The summed E-state index contributed by atoms with van der Waals surface area (Å²) in [6.45, 7) is 0.232. The van der Waals surface area contributed by atoms with E-state index in [-0.39, 0.29) is 23.9 Å². The summed E-state index contributed by atoms with van der Waals surface area (Å²) in [5.74, 6) is -0.209. The number of halogens is 2. The molecule has 2 aromatic rings. The molecule has 0 saturated carbocycles. The Morgan fingerprint density at radius 3 is 3.00 bits per heavy atom. The summed E-state index contributed by atoms with van der Waals surface area (Å²) in [4.78, 5) is 10.3. The monoisotopic (exact) mass is 328 g/mol. The topological polar surface area (TPSA) is 73.0 Å². The van der Waals surface area contributed by atoms with Crippen LogP contribution in [0.4, 0.5) is 15.9 Å². The molecule has 1 heterocycles. The van der Waals surface area contributed by atoms with E-state index in [9.17, 15) is 14.5 Å². The molecule has 0 unspecified atom stereocenters. The molecule has 19 heavy (non-hydrogen) atoms. The van der Waals surface area contributed by atoms with Gasteiger partial charge in [-0.3, -0.25) is 14.8 Å². The van der Waals surface area contributed by atoms with Crippen molar-refractivity contribution in [3.05, 3.63) is 50.4 Å². The minimum atomic E-state index is -0.518. The van der Waals surface area contributed by atoms with Gasteiger partial charge in [0.05, 0.1) is 4.92 Å². The number of anilines is 1. The molecule has 0 amide bonds. The van der Waals surface area contributed by atoms with Crippen molar-refractivity contribution in [2.45, 2.75) is 6.54 Å². The van der Waals surface area contributed by atoms with Crippen LogP contribution in [0.2, 0.25) is 0 Å². The molecule has 100 valence electrons. The number of hydrogen-bond donors (Lipinski definition) is 1. The van der Waals surface area contributed by atoms with Gasteiger partial charge in [-0.1, -0.05) is 15.9 Å². The fourth-order valence-electron chi connectivity index (χ4n) is 1.59. The zero-order valence-electron chi connectivity index (χ0n) is 9.93. The number of aromatic nitrogens is 2. The molecule has 1 aromatic heterocycles. The number of hydrogen-bond acceptors (Lipinski definition) is 4. The highest BCUT2D eigenvalue weighted by atomic mass is 79.9. The number of nitrogens with one attached hydrogen (secondary N) is 1. The van der Waals surface area contributed by atoms with Crippen molar-refractivity contribution in [1.29, 1.82) is 0 Å². The summed E-state index contributed by atoms with van der Waals surface area (Å²) in [5, 5.41) is 17.6. The van der Waals surface area contributed by atoms with Crippen molar-refractivity contribution in [1.82, 2.24) is 9.78 Å². The smallest absolute Gasteiger partial charge is 0.330 e. The minimum absolute atomic E-state index is 0.116. The first-order valence-electron chi connectivity index (χ1n) is 5.33. The molecular weight excluding hydrogens is 319 g/mol. The Morgan fingerprint density at radius 1 is 1.58 bits per heavy atom. The SMILES string of the molecule is Cn1cc([N+](=O)[O-])c(NCc2cc(F)ccc2Br)n1. The van der Waals surface area contributed by atoms with Gasteiger partial charge in [0, 0.05) is 18.1 Å². The molecule has 2 rings (SSSR count). The lowest BCUT2D eigenvalue weighted by Crippen LogP contribution is -2.03. The molecule has 1 N–H and O–H groups in total. The van der Waals surface area contributed by atoms with E-state index in [1.54, 1.807) is 13.1 Å². The van der Waals surface area contributed by atoms with Gasteiger partial charge in [0.1, 0.15) is 12.0 Å². The van der Waals surface area contributed by atoms with E-state index >= 15 is 0 Å². The molecule has 6 nitrogen and oxygen atoms in total. The second-order valence-corrected chi connectivity index (χ2v) is 4.74. The number of nitrogens with zero attached hydrogens (tertiary/aromatic N) is 3. The normalized spacial score (nSPS) is 10.5. The van der Waals surface area contributed by atoms with Gasteiger partial charge in [0.2, 0.25) is 5.82 Å². The fraction of sp³-hybridized carbons (Fsp3) is 0.182. The quantitative estimate of drug-likeness (QED) is 0.691. The van der Waals surface area contributed by atoms with Gasteiger partial charge >= 0.3 is 5.69 Å². The van der Waals surface area contributed by atoms with E-state index in [4.69, 9.17) is 0 Å². The summed E-state index contributed by atoms with van der Waals surface area (Å²) in [6, 6.07) is 4.27. The fourth-order valence-corrected chi connectivity index (χ4v) is 1.98. The summed E-state index contributed by atoms with van der Waals surface area (Å²) < 4.78 is 15.2. The zero-order chi connectivity index (χ0) is 14.0. The van der Waals surface area contributed by atoms with Crippen molar-refractivity contribution in [3.63, 3.8) is 0 Å². The highest BCUT2D eigenvalue weighted by Crippen LogP contribution is 2.24. The van der Waals surface area contributed by atoms with Gasteiger partial charge in [-0.2, -0.15) is 0 Å². The maximum Gasteiger partial charge on any atom is 0.330 e. The summed E-state index contributed by atoms with van der Waals surface area (Å²) in [7, 11) is 1.59. The number of nitro groups is 1. The third-order valence-electron chi connectivity index (χ3n) is 2.46. The van der Waals surface area contributed by atoms with Gasteiger partial charge in [-0.25, -0.2) is 4.39 Å². The maximum atomic E-state index is 13.1. The van der Waals surface area contributed by atoms with Crippen molar-refractivity contribution in [2.24, 2.45) is 7.05 Å². The predicted molar refractivity (Wildman–Crippen MR) is 71.3 cm³/mol. The third kappa shape index (κ3) is 3.08. The molecule has 0 atom stereocenters. The Bertz CT molecular complexity index is 629. The Labute approximate surface area is 116 Å². The standard InChI is InChI=1S/C11H10BrFN4O2/c1-16-6-10(17(18)19)11(15-16)14-5-7-4-8(13)2-3-9(7)12/h2-4,6H,5H2,1H3,(H,14,15). The van der Waals surface area contributed by atoms with Gasteiger partial charge in [0.25, 0.3) is 0 Å². The van der Waals surface area contributed by atoms with E-state index in [2.05, 4.69) is 26.3 Å². The van der Waals surface area contributed by atoms with Crippen LogP contribution in [0, 0.1) is 15.9 Å². The predicted octanol–water partition coefficient (Wildman–Crippen LogP) is 2.84. The molecule has 0 spiro atoms. The summed E-state index contributed by atoms with van der Waals surface area (Å²) in [5.41, 5.74) is 0.537. The molecule has 1 aromatic carbocycles. The van der Waals surface area contributed by atoms with E-state index in [1.807, 2.05) is 0 Å². The molecule has 0 bridgehead atoms. The summed E-state index contributed by atoms with van der Waals surface area (Å²) in [6.07, 6.45) is 1.31. The maximum absolute atomic E-state index is 13.1. The first kappa shape index (κ1) is 13.5. The van der Waals surface area contributed by atoms with Gasteiger partial charge in [0.15, 0.2) is 0 Å². The molecule has 0 fully saturated rings. The Kier molecular flexibility index (Phi) is 3.79. The summed E-state index contributed by atoms with van der Waals surface area (Å²) >= 11 is 3.29. The lowest BCUT2D eigenvalue weighted by atomic mass is 10.2. The third-order valence-corrected chi connectivity index (χ3v) is 3.23. The van der Waals surface area contributed by atoms with Gasteiger partial charge in [-0.05, 0) is 23.8 Å². The molecule has 0 aliphatic heterocycles. The Morgan fingerprint density at radius 2 is 2.32 bits per heavy atom. The van der Waals surface area contributed by atoms with Crippen LogP contribution in [-0.4, -0.2) is 14.7 Å². The van der Waals surface area contributed by atoms with Crippen LogP contribution in [0.3, 0.4) is 0 Å². The van der Waals surface area contributed by atoms with E-state index in [1.165, 1.54) is 23.0 Å². The molecule has 0 saturated heterocycles. The van der Waals surface area contributed by atoms with Gasteiger partial charge < -0.3 is 5.32 Å². The van der Waals surface area contributed by atoms with Crippen molar-refractivity contribution >= 4 is 27.4 Å². The van der Waals surface area contributed by atoms with Crippen LogP contribution in [0.25, 0.3) is 0 Å². The first-order valence-corrected chi connectivity index (χ1v) is 6.12. The van der Waals surface area contributed by atoms with Crippen LogP contribution in [-0.2, 0) is 13.6 Å². The number of benzene rings is 1. The van der Waals surface area contributed by atoms with E-state index in [0.29, 0.717) is 5.56 Å². The van der Waals surface area contributed by atoms with E-state index in [0.717, 1.165) is 4.47 Å².